The normalized spacial score (nSPS) is 17.2. The number of carboxylic acid groups (broad SMARTS) is 1. The van der Waals surface area contributed by atoms with E-state index in [-0.39, 0.29) is 18.3 Å². The van der Waals surface area contributed by atoms with Crippen molar-refractivity contribution in [1.29, 1.82) is 0 Å². The first-order valence-corrected chi connectivity index (χ1v) is 11.2. The molecule has 2 aliphatic heterocycles. The quantitative estimate of drug-likeness (QED) is 0.605. The summed E-state index contributed by atoms with van der Waals surface area (Å²) in [6, 6.07) is 11.3. The molecule has 9 heteroatoms. The summed E-state index contributed by atoms with van der Waals surface area (Å²) in [7, 11) is 0. The van der Waals surface area contributed by atoms with E-state index in [9.17, 15) is 14.7 Å². The molecule has 32 heavy (non-hydrogen) atoms. The van der Waals surface area contributed by atoms with Crippen LogP contribution in [0, 0.1) is 0 Å². The number of nitrogens with zero attached hydrogens (tertiary/aromatic N) is 2. The van der Waals surface area contributed by atoms with Gasteiger partial charge in [0.25, 0.3) is 0 Å². The number of carboxylic acids is 1. The smallest absolute Gasteiger partial charge is 0.311 e. The van der Waals surface area contributed by atoms with Crippen LogP contribution in [0.5, 0.6) is 0 Å². The molecular weight excluding hydrogens is 473 g/mol. The van der Waals surface area contributed by atoms with Crippen molar-refractivity contribution in [3.05, 3.63) is 57.6 Å². The number of hydrogen-bond acceptors (Lipinski definition) is 4. The molecule has 4 rings (SSSR count). The van der Waals surface area contributed by atoms with Gasteiger partial charge in [0.1, 0.15) is 0 Å². The minimum Gasteiger partial charge on any atom is -0.481 e. The maximum atomic E-state index is 12.0. The number of fused-ring (bicyclic) bond motifs is 1. The molecule has 1 unspecified atom stereocenters. The molecule has 0 bridgehead atoms. The van der Waals surface area contributed by atoms with E-state index in [0.717, 1.165) is 48.7 Å². The number of anilines is 2. The fourth-order valence-corrected chi connectivity index (χ4v) is 4.71. The molecule has 172 valence electrons. The van der Waals surface area contributed by atoms with Crippen LogP contribution in [0.3, 0.4) is 0 Å². The lowest BCUT2D eigenvalue weighted by atomic mass is 9.92. The predicted octanol–water partition coefficient (Wildman–Crippen LogP) is 4.68. The van der Waals surface area contributed by atoms with Gasteiger partial charge in [-0.3, -0.25) is 14.5 Å². The SMILES string of the molecule is Cl.O=C1CCc2ccc(C(CCN3CCN(c4cccc(Cl)c4Cl)CC3)C(=O)O)cc2N1. The third kappa shape index (κ3) is 5.49. The maximum absolute atomic E-state index is 12.0. The average Bonchev–Trinajstić information content (AvgIpc) is 2.76. The first-order valence-electron chi connectivity index (χ1n) is 10.5. The van der Waals surface area contributed by atoms with Crippen LogP contribution in [0.1, 0.15) is 29.9 Å². The second-order valence-electron chi connectivity index (χ2n) is 8.05. The van der Waals surface area contributed by atoms with Gasteiger partial charge in [-0.05, 0) is 48.7 Å². The van der Waals surface area contributed by atoms with Crippen molar-refractivity contribution in [2.75, 3.05) is 42.9 Å². The zero-order valence-electron chi connectivity index (χ0n) is 17.5. The second kappa shape index (κ2) is 10.8. The van der Waals surface area contributed by atoms with E-state index in [1.807, 2.05) is 30.3 Å². The van der Waals surface area contributed by atoms with Crippen molar-refractivity contribution < 1.29 is 14.7 Å². The fraction of sp³-hybridized carbons (Fsp3) is 0.391. The van der Waals surface area contributed by atoms with Gasteiger partial charge in [-0.1, -0.05) is 41.4 Å². The maximum Gasteiger partial charge on any atom is 0.311 e. The summed E-state index contributed by atoms with van der Waals surface area (Å²) in [5.74, 6) is -1.47. The lowest BCUT2D eigenvalue weighted by Gasteiger charge is -2.37. The number of hydrogen-bond donors (Lipinski definition) is 2. The van der Waals surface area contributed by atoms with E-state index in [4.69, 9.17) is 23.2 Å². The largest absolute Gasteiger partial charge is 0.481 e. The number of rotatable bonds is 6. The highest BCUT2D eigenvalue weighted by Crippen LogP contribution is 2.33. The number of nitrogens with one attached hydrogen (secondary N) is 1. The summed E-state index contributed by atoms with van der Waals surface area (Å²) in [6.45, 7) is 3.97. The van der Waals surface area contributed by atoms with Crippen molar-refractivity contribution in [3.63, 3.8) is 0 Å². The summed E-state index contributed by atoms with van der Waals surface area (Å²) >= 11 is 12.5. The summed E-state index contributed by atoms with van der Waals surface area (Å²) in [5.41, 5.74) is 3.47. The molecule has 1 amide bonds. The Morgan fingerprint density at radius 2 is 1.84 bits per heavy atom. The number of amides is 1. The zero-order valence-corrected chi connectivity index (χ0v) is 19.8. The number of piperazine rings is 1. The van der Waals surface area contributed by atoms with Crippen molar-refractivity contribution in [2.45, 2.75) is 25.2 Å². The van der Waals surface area contributed by atoms with Crippen molar-refractivity contribution in [2.24, 2.45) is 0 Å². The predicted molar refractivity (Wildman–Crippen MR) is 131 cm³/mol. The van der Waals surface area contributed by atoms with Crippen LogP contribution >= 0.6 is 35.6 Å². The molecule has 2 N–H and O–H groups in total. The summed E-state index contributed by atoms with van der Waals surface area (Å²) < 4.78 is 0. The molecule has 0 radical (unpaired) electrons. The van der Waals surface area contributed by atoms with E-state index in [2.05, 4.69) is 15.1 Å². The lowest BCUT2D eigenvalue weighted by Crippen LogP contribution is -2.47. The average molecular weight is 499 g/mol. The Labute approximate surface area is 203 Å². The molecular formula is C23H26Cl3N3O3. The van der Waals surface area contributed by atoms with Crippen LogP contribution in [-0.2, 0) is 16.0 Å². The van der Waals surface area contributed by atoms with Crippen molar-refractivity contribution >= 4 is 58.9 Å². The Morgan fingerprint density at radius 1 is 1.09 bits per heavy atom. The molecule has 6 nitrogen and oxygen atoms in total. The van der Waals surface area contributed by atoms with Gasteiger partial charge >= 0.3 is 5.97 Å². The number of aryl methyl sites for hydroxylation is 1. The van der Waals surface area contributed by atoms with Crippen LogP contribution in [0.15, 0.2) is 36.4 Å². The van der Waals surface area contributed by atoms with E-state index < -0.39 is 11.9 Å². The van der Waals surface area contributed by atoms with Gasteiger partial charge in [-0.15, -0.1) is 12.4 Å². The first kappa shape index (κ1) is 24.6. The van der Waals surface area contributed by atoms with Crippen molar-refractivity contribution in [1.82, 2.24) is 4.90 Å². The first-order chi connectivity index (χ1) is 14.9. The number of carbonyl (C=O) groups excluding carboxylic acids is 1. The third-order valence-electron chi connectivity index (χ3n) is 6.11. The highest BCUT2D eigenvalue weighted by atomic mass is 35.5. The van der Waals surface area contributed by atoms with Gasteiger partial charge in [-0.2, -0.15) is 0 Å². The number of halogens is 3. The Balaban J connectivity index is 0.00000289. The van der Waals surface area contributed by atoms with E-state index in [1.165, 1.54) is 0 Å². The van der Waals surface area contributed by atoms with Crippen molar-refractivity contribution in [3.8, 4) is 0 Å². The third-order valence-corrected chi connectivity index (χ3v) is 6.92. The molecule has 1 saturated heterocycles. The zero-order chi connectivity index (χ0) is 22.0. The molecule has 0 spiro atoms. The van der Waals surface area contributed by atoms with Gasteiger partial charge < -0.3 is 15.3 Å². The lowest BCUT2D eigenvalue weighted by molar-refractivity contribution is -0.139. The molecule has 0 aromatic heterocycles. The Morgan fingerprint density at radius 3 is 2.56 bits per heavy atom. The van der Waals surface area contributed by atoms with Gasteiger partial charge in [0, 0.05) is 38.3 Å². The van der Waals surface area contributed by atoms with Gasteiger partial charge in [0.05, 0.1) is 21.7 Å². The molecule has 0 saturated carbocycles. The standard InChI is InChI=1S/C23H25Cl2N3O3.ClH/c24-18-2-1-3-20(22(18)25)28-12-10-27(11-13-28)9-8-17(23(30)31)16-5-4-15-6-7-21(29)26-19(15)14-16;/h1-5,14,17H,6-13H2,(H,26,29)(H,30,31);1H. The van der Waals surface area contributed by atoms with Gasteiger partial charge in [0.2, 0.25) is 5.91 Å². The van der Waals surface area contributed by atoms with E-state index in [1.54, 1.807) is 6.07 Å². The molecule has 1 fully saturated rings. The highest BCUT2D eigenvalue weighted by molar-refractivity contribution is 6.43. The number of carbonyl (C=O) groups is 2. The summed E-state index contributed by atoms with van der Waals surface area (Å²) in [6.07, 6.45) is 1.68. The Kier molecular flexibility index (Phi) is 8.28. The van der Waals surface area contributed by atoms with E-state index in [0.29, 0.717) is 35.9 Å². The molecule has 2 heterocycles. The fourth-order valence-electron chi connectivity index (χ4n) is 4.30. The molecule has 0 aliphatic carbocycles. The topological polar surface area (TPSA) is 72.9 Å². The molecule has 2 aromatic carbocycles. The second-order valence-corrected chi connectivity index (χ2v) is 8.83. The molecule has 1 atom stereocenters. The van der Waals surface area contributed by atoms with Gasteiger partial charge in [0.15, 0.2) is 0 Å². The molecule has 2 aromatic rings. The summed E-state index contributed by atoms with van der Waals surface area (Å²) in [4.78, 5) is 28.2. The monoisotopic (exact) mass is 497 g/mol. The Bertz CT molecular complexity index is 994. The Hall–Kier alpha value is -1.99. The minimum atomic E-state index is -0.841. The van der Waals surface area contributed by atoms with Gasteiger partial charge in [-0.25, -0.2) is 0 Å². The van der Waals surface area contributed by atoms with Crippen LogP contribution in [0.25, 0.3) is 0 Å². The minimum absolute atomic E-state index is 0. The molecule has 2 aliphatic rings. The number of benzene rings is 2. The summed E-state index contributed by atoms with van der Waals surface area (Å²) in [5, 5.41) is 13.8. The van der Waals surface area contributed by atoms with Crippen LogP contribution in [0.4, 0.5) is 11.4 Å². The van der Waals surface area contributed by atoms with Crippen LogP contribution < -0.4 is 10.2 Å². The van der Waals surface area contributed by atoms with E-state index >= 15 is 0 Å². The van der Waals surface area contributed by atoms with Crippen LogP contribution in [-0.4, -0.2) is 54.6 Å². The van der Waals surface area contributed by atoms with Crippen LogP contribution in [0.2, 0.25) is 10.0 Å². The number of aliphatic carboxylic acids is 1. The highest BCUT2D eigenvalue weighted by Gasteiger charge is 2.25.